The minimum atomic E-state index is -0.904. The van der Waals surface area contributed by atoms with Crippen molar-refractivity contribution >= 4 is 84.6 Å². The molecule has 6 N–H and O–H groups in total. The van der Waals surface area contributed by atoms with Gasteiger partial charge in [-0.2, -0.15) is 45.3 Å². The lowest BCUT2D eigenvalue weighted by molar-refractivity contribution is -0.617. The number of aromatic nitrogens is 9. The maximum Gasteiger partial charge on any atom is 0.321 e. The predicted molar refractivity (Wildman–Crippen MR) is 391 cm³/mol. The summed E-state index contributed by atoms with van der Waals surface area (Å²) in [6, 6.07) is 33.0. The summed E-state index contributed by atoms with van der Waals surface area (Å²) in [6.07, 6.45) is 16.2. The molecule has 3 aromatic carbocycles. The number of aliphatic hydroxyl groups is 3. The van der Waals surface area contributed by atoms with Crippen molar-refractivity contribution < 1.29 is 43.9 Å². The molecule has 6 heterocycles. The maximum atomic E-state index is 13.1. The molecule has 103 heavy (non-hydrogen) atoms. The first-order chi connectivity index (χ1) is 49.1. The molecule has 0 bridgehead atoms. The number of pyridine rings is 3. The highest BCUT2D eigenvalue weighted by atomic mass is 16.5. The summed E-state index contributed by atoms with van der Waals surface area (Å²) in [7, 11) is 11.3. The van der Waals surface area contributed by atoms with Crippen molar-refractivity contribution in [3.05, 3.63) is 159 Å². The van der Waals surface area contributed by atoms with E-state index in [0.29, 0.717) is 82.1 Å². The smallest absolute Gasteiger partial charge is 0.321 e. The van der Waals surface area contributed by atoms with Crippen molar-refractivity contribution in [3.63, 3.8) is 0 Å². The van der Waals surface area contributed by atoms with E-state index in [-0.39, 0.29) is 66.3 Å². The van der Waals surface area contributed by atoms with Crippen LogP contribution in [-0.4, -0.2) is 121 Å². The Kier molecular flexibility index (Phi) is 21.6. The Labute approximate surface area is 598 Å². The fourth-order valence-electron chi connectivity index (χ4n) is 14.2. The van der Waals surface area contributed by atoms with Crippen LogP contribution in [0.25, 0.3) is 32.7 Å². The molecule has 4 fully saturated rings. The van der Waals surface area contributed by atoms with Gasteiger partial charge in [0.05, 0.1) is 123 Å². The summed E-state index contributed by atoms with van der Waals surface area (Å²) in [4.78, 5) is 44.7. The van der Waals surface area contributed by atoms with Crippen molar-refractivity contribution in [2.24, 2.45) is 0 Å². The minimum Gasteiger partial charge on any atom is -0.618 e. The van der Waals surface area contributed by atoms with Gasteiger partial charge in [-0.3, -0.25) is 28.4 Å². The molecule has 0 unspecified atom stereocenters. The number of amides is 3. The van der Waals surface area contributed by atoms with Crippen molar-refractivity contribution in [2.75, 3.05) is 72.9 Å². The number of nitrogens with one attached hydrogen (secondary N) is 3. The fraction of sp³-hybridized carbons (Fsp3) is 0.447. The number of rotatable bonds is 17. The van der Waals surface area contributed by atoms with Crippen LogP contribution in [0.2, 0.25) is 0 Å². The van der Waals surface area contributed by atoms with E-state index in [4.69, 9.17) is 31.1 Å². The predicted octanol–water partition coefficient (Wildman–Crippen LogP) is 10.6. The molecule has 3 amide bonds. The Morgan fingerprint density at radius 2 is 0.825 bits per heavy atom. The highest BCUT2D eigenvalue weighted by Crippen LogP contribution is 2.43. The van der Waals surface area contributed by atoms with Gasteiger partial charge in [-0.25, -0.2) is 0 Å². The molecule has 4 aliphatic rings. The highest BCUT2D eigenvalue weighted by molar-refractivity contribution is 6.08. The van der Waals surface area contributed by atoms with Crippen LogP contribution in [-0.2, 0) is 0 Å². The summed E-state index contributed by atoms with van der Waals surface area (Å²) in [6.45, 7) is 5.48. The Bertz CT molecular complexity index is 4580. The second-order valence-corrected chi connectivity index (χ2v) is 29.1. The van der Waals surface area contributed by atoms with Crippen molar-refractivity contribution in [3.8, 4) is 18.2 Å². The van der Waals surface area contributed by atoms with E-state index in [2.05, 4.69) is 34.2 Å². The Morgan fingerprint density at radius 3 is 1.15 bits per heavy atom. The molecule has 27 nitrogen and oxygen atoms in total. The zero-order valence-corrected chi connectivity index (χ0v) is 59.8. The first-order valence-corrected chi connectivity index (χ1v) is 35.1. The van der Waals surface area contributed by atoms with Gasteiger partial charge in [-0.1, -0.05) is 13.8 Å². The van der Waals surface area contributed by atoms with E-state index < -0.39 is 34.5 Å². The van der Waals surface area contributed by atoms with Crippen LogP contribution in [0.4, 0.5) is 34.1 Å². The van der Waals surface area contributed by atoms with Crippen molar-refractivity contribution in [1.82, 2.24) is 29.3 Å². The van der Waals surface area contributed by atoms with E-state index in [1.54, 1.807) is 49.4 Å². The third-order valence-electron chi connectivity index (χ3n) is 20.5. The van der Waals surface area contributed by atoms with Gasteiger partial charge in [0.25, 0.3) is 17.1 Å². The molecule has 0 atom stereocenters. The van der Waals surface area contributed by atoms with Crippen LogP contribution >= 0.6 is 0 Å². The number of carbonyl (C=O) groups is 3. The average molecular weight is 1400 g/mol. The molecule has 538 valence electrons. The van der Waals surface area contributed by atoms with Gasteiger partial charge in [-0.15, -0.1) is 0 Å². The minimum absolute atomic E-state index is 0.00421. The molecule has 13 rings (SSSR count). The first kappa shape index (κ1) is 73.3. The monoisotopic (exact) mass is 1400 g/mol. The van der Waals surface area contributed by atoms with Gasteiger partial charge in [0.15, 0.2) is 17.1 Å². The summed E-state index contributed by atoms with van der Waals surface area (Å²) in [5, 5.41) is 122. The molecule has 0 aliphatic heterocycles. The van der Waals surface area contributed by atoms with Crippen LogP contribution in [0.1, 0.15) is 202 Å². The molecular formula is C76H90N18O9. The number of hydrogen-bond acceptors (Lipinski definition) is 18. The van der Waals surface area contributed by atoms with E-state index in [1.165, 1.54) is 12.1 Å². The van der Waals surface area contributed by atoms with Gasteiger partial charge in [0, 0.05) is 132 Å². The number of aryl methyl sites for hydroxylation is 1. The van der Waals surface area contributed by atoms with Crippen LogP contribution in [0.15, 0.2) is 110 Å². The van der Waals surface area contributed by atoms with Gasteiger partial charge in [0.2, 0.25) is 0 Å². The van der Waals surface area contributed by atoms with E-state index in [9.17, 15) is 45.3 Å². The number of nitriles is 3. The van der Waals surface area contributed by atoms with Gasteiger partial charge >= 0.3 is 17.7 Å². The van der Waals surface area contributed by atoms with Gasteiger partial charge < -0.3 is 61.6 Å². The molecule has 9 aromatic rings. The lowest BCUT2D eigenvalue weighted by Gasteiger charge is -2.34. The second-order valence-electron chi connectivity index (χ2n) is 29.1. The number of benzene rings is 3. The van der Waals surface area contributed by atoms with Crippen LogP contribution in [0.3, 0.4) is 0 Å². The Hall–Kier alpha value is -10.9. The summed E-state index contributed by atoms with van der Waals surface area (Å²) in [5.41, 5.74) is 5.62. The lowest BCUT2D eigenvalue weighted by atomic mass is 9.80. The van der Waals surface area contributed by atoms with Crippen LogP contribution in [0, 0.1) is 56.5 Å². The normalized spacial score (nSPS) is 20.9. The molecule has 27 heteroatoms. The van der Waals surface area contributed by atoms with Crippen molar-refractivity contribution in [2.45, 2.75) is 177 Å². The van der Waals surface area contributed by atoms with Gasteiger partial charge in [-0.05, 0) is 144 Å². The van der Waals surface area contributed by atoms with Crippen LogP contribution < -0.4 is 44.8 Å². The number of nitrogens with zero attached hydrogens (tertiary/aromatic N) is 15. The third-order valence-corrected chi connectivity index (χ3v) is 20.5. The standard InChI is InChI=1S/C26H30N6O3.C26H32N6O3.C24H28N6O3/c1-30(2)24-15-20-18(16-31(29-20)19-8-10-26(34,11-9-19)12-13-27)14-21(24)28-25(33)23-5-3-4-22(32(23)35)17-6-7-17;1-17(2)22-6-5-7-23(32(22)35)25(33)28-21-14-18-16-31(29-20(18)15-24(21)30(3)4)19-8-10-26(34,11-9-19)12-13-27;1-16-5-4-6-21(30(16)33)23(31)26-20-13-17-15-29(27-19(17)14-22(20)28(2)3)18-7-9-24(32,10-8-18)11-12-25/h3-5,14-17,19,34H,6-12H2,1-2H3,(H,28,33);5-7,14-17,19,34H,8-12H2,1-4H3,(H,28,33);4-6,13-15,18,32H,7-11H2,1-3H3,(H,26,31). The molecular weight excluding hydrogens is 1310 g/mol. The lowest BCUT2D eigenvalue weighted by Crippen LogP contribution is -2.41. The van der Waals surface area contributed by atoms with E-state index in [1.807, 2.05) is 140 Å². The molecule has 0 spiro atoms. The summed E-state index contributed by atoms with van der Waals surface area (Å²) < 4.78 is 7.87. The number of anilines is 6. The SMILES string of the molecule is CC(C)c1cccc(C(=O)Nc2cc3cn(C4CCC(O)(CC#N)CC4)nc3cc2N(C)C)[n+]1[O-].CN(C)c1cc2nn(C3CCC(O)(CC#N)CC3)cc2cc1NC(=O)c1cccc(C2CC2)[n+]1[O-].Cc1cccc(C(=O)Nc2cc3cn(C4CCC(O)(CC#N)CC4)nc3cc2N(C)C)[n+]1[O-]. The molecule has 6 aromatic heterocycles. The first-order valence-electron chi connectivity index (χ1n) is 35.1. The molecule has 4 saturated carbocycles. The quantitative estimate of drug-likeness (QED) is 0.0364. The molecule has 0 saturated heterocycles. The zero-order chi connectivity index (χ0) is 73.8. The zero-order valence-electron chi connectivity index (χ0n) is 59.8. The number of carbonyl (C=O) groups excluding carboxylic acids is 3. The second kappa shape index (κ2) is 30.3. The van der Waals surface area contributed by atoms with Crippen molar-refractivity contribution in [1.29, 1.82) is 15.8 Å². The summed E-state index contributed by atoms with van der Waals surface area (Å²) in [5.74, 6) is -1.15. The average Bonchev–Trinajstić information content (AvgIpc) is 1.73. The molecule has 4 aliphatic carbocycles. The number of hydrogen-bond donors (Lipinski definition) is 6. The summed E-state index contributed by atoms with van der Waals surface area (Å²) >= 11 is 0. The topological polar surface area (TPSA) is 363 Å². The fourth-order valence-corrected chi connectivity index (χ4v) is 14.2. The number of fused-ring (bicyclic) bond motifs is 3. The maximum absolute atomic E-state index is 13.1. The van der Waals surface area contributed by atoms with E-state index in [0.717, 1.165) is 106 Å². The third kappa shape index (κ3) is 16.4. The van der Waals surface area contributed by atoms with Gasteiger partial charge in [0.1, 0.15) is 0 Å². The molecule has 0 radical (unpaired) electrons. The Balaban J connectivity index is 0.000000155. The largest absolute Gasteiger partial charge is 0.618 e. The Morgan fingerprint density at radius 1 is 0.505 bits per heavy atom. The highest BCUT2D eigenvalue weighted by Gasteiger charge is 2.38. The van der Waals surface area contributed by atoms with Crippen LogP contribution in [0.5, 0.6) is 0 Å². The van der Waals surface area contributed by atoms with E-state index >= 15 is 0 Å².